The van der Waals surface area contributed by atoms with Crippen molar-refractivity contribution in [3.8, 4) is 0 Å². The van der Waals surface area contributed by atoms with Gasteiger partial charge in [0.1, 0.15) is 6.10 Å². The first-order valence-corrected chi connectivity index (χ1v) is 6.56. The maximum atomic E-state index is 12.0. The lowest BCUT2D eigenvalue weighted by Gasteiger charge is -2.32. The first kappa shape index (κ1) is 17.4. The highest BCUT2D eigenvalue weighted by atomic mass is 16.5. The Labute approximate surface area is 126 Å². The van der Waals surface area contributed by atoms with Crippen molar-refractivity contribution in [2.24, 2.45) is 0 Å². The van der Waals surface area contributed by atoms with Crippen molar-refractivity contribution in [1.29, 1.82) is 0 Å². The molecule has 122 valence electrons. The monoisotopic (exact) mass is 315 g/mol. The number of amides is 4. The standard InChI is InChI=1S/C12H17N3O7/c1-3-14-4-5-15(10(18)9(14)17)12(21)13-8(11(19)20)7(2)22-6-16/h6-8H,3-5H2,1-2H3,(H,13,21)(H,19,20)/t7-,8?/m0/s1. The molecule has 22 heavy (non-hydrogen) atoms. The predicted molar refractivity (Wildman–Crippen MR) is 70.5 cm³/mol. The van der Waals surface area contributed by atoms with Gasteiger partial charge in [-0.2, -0.15) is 0 Å². The van der Waals surface area contributed by atoms with Crippen molar-refractivity contribution in [1.82, 2.24) is 15.1 Å². The molecule has 10 heteroatoms. The lowest BCUT2D eigenvalue weighted by atomic mass is 10.2. The number of ether oxygens (including phenoxy) is 1. The Morgan fingerprint density at radius 3 is 2.50 bits per heavy atom. The predicted octanol–water partition coefficient (Wildman–Crippen LogP) is -1.60. The molecule has 0 radical (unpaired) electrons. The number of carbonyl (C=O) groups excluding carboxylic acids is 4. The van der Waals surface area contributed by atoms with Gasteiger partial charge in [-0.25, -0.2) is 9.59 Å². The van der Waals surface area contributed by atoms with E-state index in [1.54, 1.807) is 6.92 Å². The Bertz CT molecular complexity index is 493. The van der Waals surface area contributed by atoms with E-state index in [0.717, 1.165) is 0 Å². The molecule has 1 aliphatic heterocycles. The van der Waals surface area contributed by atoms with E-state index in [1.807, 2.05) is 0 Å². The molecule has 1 unspecified atom stereocenters. The number of carboxylic acids is 1. The Balaban J connectivity index is 2.78. The van der Waals surface area contributed by atoms with Gasteiger partial charge in [0.05, 0.1) is 0 Å². The third kappa shape index (κ3) is 3.71. The molecule has 0 aromatic rings. The molecule has 1 heterocycles. The van der Waals surface area contributed by atoms with E-state index in [2.05, 4.69) is 10.1 Å². The number of likely N-dealkylation sites (N-methyl/N-ethyl adjacent to an activating group) is 1. The molecule has 0 aliphatic carbocycles. The van der Waals surface area contributed by atoms with Crippen LogP contribution in [0.4, 0.5) is 4.79 Å². The second kappa shape index (κ2) is 7.38. The van der Waals surface area contributed by atoms with Crippen LogP contribution in [0.1, 0.15) is 13.8 Å². The second-order valence-corrected chi connectivity index (χ2v) is 4.54. The Kier molecular flexibility index (Phi) is 5.84. The number of nitrogens with one attached hydrogen (secondary N) is 1. The lowest BCUT2D eigenvalue weighted by Crippen LogP contribution is -2.61. The topological polar surface area (TPSA) is 133 Å². The number of imide groups is 1. The van der Waals surface area contributed by atoms with Crippen LogP contribution in [0, 0.1) is 0 Å². The Morgan fingerprint density at radius 1 is 1.36 bits per heavy atom. The first-order valence-electron chi connectivity index (χ1n) is 6.56. The first-order chi connectivity index (χ1) is 10.3. The number of hydrogen-bond donors (Lipinski definition) is 2. The maximum Gasteiger partial charge on any atom is 0.330 e. The van der Waals surface area contributed by atoms with Crippen LogP contribution < -0.4 is 5.32 Å². The van der Waals surface area contributed by atoms with Crippen molar-refractivity contribution in [3.63, 3.8) is 0 Å². The molecule has 1 rings (SSSR count). The molecule has 0 bridgehead atoms. The van der Waals surface area contributed by atoms with Gasteiger partial charge < -0.3 is 20.1 Å². The van der Waals surface area contributed by atoms with E-state index in [0.29, 0.717) is 11.4 Å². The molecule has 10 nitrogen and oxygen atoms in total. The van der Waals surface area contributed by atoms with E-state index in [9.17, 15) is 24.0 Å². The molecule has 0 saturated carbocycles. The van der Waals surface area contributed by atoms with Gasteiger partial charge in [0, 0.05) is 19.6 Å². The molecule has 2 atom stereocenters. The van der Waals surface area contributed by atoms with Gasteiger partial charge in [0.25, 0.3) is 6.47 Å². The highest BCUT2D eigenvalue weighted by Crippen LogP contribution is 2.07. The number of aliphatic carboxylic acids is 1. The summed E-state index contributed by atoms with van der Waals surface area (Å²) < 4.78 is 4.48. The molecule has 1 fully saturated rings. The minimum atomic E-state index is -1.54. The largest absolute Gasteiger partial charge is 0.480 e. The van der Waals surface area contributed by atoms with Gasteiger partial charge in [-0.05, 0) is 13.8 Å². The summed E-state index contributed by atoms with van der Waals surface area (Å²) in [5, 5.41) is 11.1. The van der Waals surface area contributed by atoms with Gasteiger partial charge in [-0.1, -0.05) is 0 Å². The summed E-state index contributed by atoms with van der Waals surface area (Å²) in [5.41, 5.74) is 0. The van der Waals surface area contributed by atoms with Crippen molar-refractivity contribution in [2.45, 2.75) is 26.0 Å². The Hall–Kier alpha value is -2.65. The van der Waals surface area contributed by atoms with Crippen molar-refractivity contribution in [2.75, 3.05) is 19.6 Å². The fourth-order valence-electron chi connectivity index (χ4n) is 1.93. The number of nitrogens with zero attached hydrogens (tertiary/aromatic N) is 2. The highest BCUT2D eigenvalue weighted by Gasteiger charge is 2.38. The number of hydrogen-bond acceptors (Lipinski definition) is 6. The van der Waals surface area contributed by atoms with Crippen LogP contribution in [0.15, 0.2) is 0 Å². The van der Waals surface area contributed by atoms with Gasteiger partial charge >= 0.3 is 23.8 Å². The van der Waals surface area contributed by atoms with Crippen LogP contribution in [0.5, 0.6) is 0 Å². The summed E-state index contributed by atoms with van der Waals surface area (Å²) in [6, 6.07) is -2.56. The zero-order valence-electron chi connectivity index (χ0n) is 12.1. The molecular weight excluding hydrogens is 298 g/mol. The van der Waals surface area contributed by atoms with Gasteiger partial charge in [0.15, 0.2) is 6.04 Å². The number of rotatable bonds is 6. The highest BCUT2D eigenvalue weighted by molar-refractivity contribution is 6.38. The quantitative estimate of drug-likeness (QED) is 0.445. The lowest BCUT2D eigenvalue weighted by molar-refractivity contribution is -0.153. The zero-order valence-corrected chi connectivity index (χ0v) is 12.1. The van der Waals surface area contributed by atoms with Crippen LogP contribution in [-0.4, -0.2) is 77.0 Å². The fraction of sp³-hybridized carbons (Fsp3) is 0.583. The molecule has 0 aromatic carbocycles. The van der Waals surface area contributed by atoms with E-state index < -0.39 is 36.0 Å². The molecule has 0 spiro atoms. The molecule has 2 N–H and O–H groups in total. The van der Waals surface area contributed by atoms with E-state index in [-0.39, 0.29) is 19.6 Å². The zero-order chi connectivity index (χ0) is 16.9. The summed E-state index contributed by atoms with van der Waals surface area (Å²) in [6.45, 7) is 3.49. The Morgan fingerprint density at radius 2 is 2.00 bits per heavy atom. The van der Waals surface area contributed by atoms with Gasteiger partial charge in [0.2, 0.25) is 0 Å². The maximum absolute atomic E-state index is 12.0. The van der Waals surface area contributed by atoms with Crippen LogP contribution in [0.3, 0.4) is 0 Å². The van der Waals surface area contributed by atoms with Gasteiger partial charge in [-0.15, -0.1) is 0 Å². The average Bonchev–Trinajstić information content (AvgIpc) is 2.47. The summed E-state index contributed by atoms with van der Waals surface area (Å²) in [5.74, 6) is -3.29. The summed E-state index contributed by atoms with van der Waals surface area (Å²) in [7, 11) is 0. The number of urea groups is 1. The van der Waals surface area contributed by atoms with Gasteiger partial charge in [-0.3, -0.25) is 19.3 Å². The summed E-state index contributed by atoms with van der Waals surface area (Å²) in [6.07, 6.45) is -1.14. The van der Waals surface area contributed by atoms with E-state index in [1.165, 1.54) is 11.8 Å². The molecule has 4 amide bonds. The minimum Gasteiger partial charge on any atom is -0.480 e. The average molecular weight is 315 g/mol. The minimum absolute atomic E-state index is 0.0422. The van der Waals surface area contributed by atoms with Crippen LogP contribution in [0.25, 0.3) is 0 Å². The third-order valence-corrected chi connectivity index (χ3v) is 3.22. The second-order valence-electron chi connectivity index (χ2n) is 4.54. The van der Waals surface area contributed by atoms with E-state index >= 15 is 0 Å². The SMILES string of the molecule is CCN1CCN(C(=O)NC(C(=O)O)[C@H](C)OC=O)C(=O)C1=O. The summed E-state index contributed by atoms with van der Waals surface area (Å²) in [4.78, 5) is 58.8. The third-order valence-electron chi connectivity index (χ3n) is 3.22. The molecular formula is C12H17N3O7. The molecule has 1 saturated heterocycles. The van der Waals surface area contributed by atoms with E-state index in [4.69, 9.17) is 5.11 Å². The fourth-order valence-corrected chi connectivity index (χ4v) is 1.93. The smallest absolute Gasteiger partial charge is 0.330 e. The summed E-state index contributed by atoms with van der Waals surface area (Å²) >= 11 is 0. The van der Waals surface area contributed by atoms with Crippen molar-refractivity contribution >= 4 is 30.3 Å². The number of carbonyl (C=O) groups is 5. The number of piperazine rings is 1. The van der Waals surface area contributed by atoms with Crippen molar-refractivity contribution in [3.05, 3.63) is 0 Å². The number of carboxylic acid groups (broad SMARTS) is 1. The van der Waals surface area contributed by atoms with Crippen LogP contribution in [-0.2, 0) is 23.9 Å². The van der Waals surface area contributed by atoms with Crippen LogP contribution in [0.2, 0.25) is 0 Å². The van der Waals surface area contributed by atoms with Crippen molar-refractivity contribution < 1.29 is 33.8 Å². The normalized spacial score (nSPS) is 17.7. The molecule has 1 aliphatic rings. The van der Waals surface area contributed by atoms with Crippen LogP contribution >= 0.6 is 0 Å². The molecule has 0 aromatic heterocycles.